The van der Waals surface area contributed by atoms with E-state index in [2.05, 4.69) is 22.4 Å². The fraction of sp³-hybridized carbons (Fsp3) is 0.105. The van der Waals surface area contributed by atoms with Crippen molar-refractivity contribution in [3.8, 4) is 0 Å². The Morgan fingerprint density at radius 2 is 1.50 bits per heavy atom. The summed E-state index contributed by atoms with van der Waals surface area (Å²) in [4.78, 5) is 4.37. The van der Waals surface area contributed by atoms with E-state index in [0.717, 1.165) is 23.5 Å². The fourth-order valence-corrected chi connectivity index (χ4v) is 2.29. The summed E-state index contributed by atoms with van der Waals surface area (Å²) in [6.45, 7) is 0.731. The third-order valence-electron chi connectivity index (χ3n) is 3.53. The quantitative estimate of drug-likeness (QED) is 0.751. The van der Waals surface area contributed by atoms with E-state index in [0.29, 0.717) is 0 Å². The number of anilines is 1. The molecule has 1 unspecified atom stereocenters. The van der Waals surface area contributed by atoms with Gasteiger partial charge in [0.1, 0.15) is 11.9 Å². The van der Waals surface area contributed by atoms with Crippen LogP contribution in [0.4, 0.5) is 5.82 Å². The molecule has 0 fully saturated rings. The van der Waals surface area contributed by atoms with Gasteiger partial charge in [0.15, 0.2) is 0 Å². The number of aliphatic hydroxyl groups excluding tert-OH is 1. The first-order chi connectivity index (χ1) is 10.8. The first-order valence-electron chi connectivity index (χ1n) is 7.30. The van der Waals surface area contributed by atoms with Crippen LogP contribution in [0.1, 0.15) is 22.8 Å². The Kier molecular flexibility index (Phi) is 4.47. The van der Waals surface area contributed by atoms with Crippen molar-refractivity contribution in [3.05, 3.63) is 95.7 Å². The van der Waals surface area contributed by atoms with Crippen LogP contribution in [0.25, 0.3) is 0 Å². The molecular weight excluding hydrogens is 272 g/mol. The van der Waals surface area contributed by atoms with Gasteiger partial charge in [-0.3, -0.25) is 0 Å². The maximum Gasteiger partial charge on any atom is 0.126 e. The Morgan fingerprint density at radius 3 is 2.14 bits per heavy atom. The molecule has 110 valence electrons. The molecule has 0 spiro atoms. The van der Waals surface area contributed by atoms with Crippen LogP contribution >= 0.6 is 0 Å². The highest BCUT2D eigenvalue weighted by Crippen LogP contribution is 2.21. The lowest BCUT2D eigenvalue weighted by Gasteiger charge is -2.12. The molecule has 0 amide bonds. The van der Waals surface area contributed by atoms with Crippen LogP contribution in [0.3, 0.4) is 0 Å². The Hall–Kier alpha value is -2.65. The zero-order valence-electron chi connectivity index (χ0n) is 12.2. The van der Waals surface area contributed by atoms with Gasteiger partial charge in [0.25, 0.3) is 0 Å². The van der Waals surface area contributed by atoms with Crippen LogP contribution in [0.15, 0.2) is 79.0 Å². The number of rotatable bonds is 5. The van der Waals surface area contributed by atoms with Gasteiger partial charge in [0, 0.05) is 18.3 Å². The van der Waals surface area contributed by atoms with Crippen molar-refractivity contribution < 1.29 is 5.11 Å². The number of hydrogen-bond acceptors (Lipinski definition) is 3. The molecule has 1 aromatic heterocycles. The number of aliphatic hydroxyl groups is 1. The summed E-state index contributed by atoms with van der Waals surface area (Å²) >= 11 is 0. The normalized spacial score (nSPS) is 11.9. The molecule has 0 aliphatic carbocycles. The molecule has 3 heteroatoms. The number of nitrogens with one attached hydrogen (secondary N) is 1. The first-order valence-corrected chi connectivity index (χ1v) is 7.30. The predicted molar refractivity (Wildman–Crippen MR) is 88.5 cm³/mol. The van der Waals surface area contributed by atoms with E-state index >= 15 is 0 Å². The summed E-state index contributed by atoms with van der Waals surface area (Å²) < 4.78 is 0. The van der Waals surface area contributed by atoms with Crippen LogP contribution in [0.2, 0.25) is 0 Å². The van der Waals surface area contributed by atoms with E-state index in [4.69, 9.17) is 0 Å². The van der Waals surface area contributed by atoms with E-state index < -0.39 is 6.10 Å². The molecule has 0 saturated heterocycles. The Labute approximate surface area is 130 Å². The molecular formula is C19H18N2O. The van der Waals surface area contributed by atoms with E-state index in [1.165, 1.54) is 5.56 Å². The zero-order chi connectivity index (χ0) is 15.2. The van der Waals surface area contributed by atoms with Crippen molar-refractivity contribution in [1.82, 2.24) is 4.98 Å². The van der Waals surface area contributed by atoms with Crippen LogP contribution < -0.4 is 5.32 Å². The molecule has 3 aromatic rings. The fourth-order valence-electron chi connectivity index (χ4n) is 2.29. The summed E-state index contributed by atoms with van der Waals surface area (Å²) in [6.07, 6.45) is 1.07. The molecule has 0 aliphatic heterocycles. The van der Waals surface area contributed by atoms with Crippen LogP contribution in [0, 0.1) is 0 Å². The predicted octanol–water partition coefficient (Wildman–Crippen LogP) is 3.78. The Morgan fingerprint density at radius 1 is 0.818 bits per heavy atom. The summed E-state index contributed by atoms with van der Waals surface area (Å²) in [5, 5.41) is 13.6. The molecule has 0 aliphatic rings. The van der Waals surface area contributed by atoms with Gasteiger partial charge >= 0.3 is 0 Å². The van der Waals surface area contributed by atoms with Gasteiger partial charge < -0.3 is 10.4 Å². The molecule has 3 rings (SSSR count). The average Bonchev–Trinajstić information content (AvgIpc) is 2.61. The number of pyridine rings is 1. The molecule has 2 N–H and O–H groups in total. The molecule has 3 nitrogen and oxygen atoms in total. The maximum atomic E-state index is 10.3. The summed E-state index contributed by atoms with van der Waals surface area (Å²) in [7, 11) is 0. The monoisotopic (exact) mass is 290 g/mol. The standard InChI is InChI=1S/C19H18N2O/c22-19(16-9-5-2-6-10-16)17-11-12-18(21-14-17)20-13-15-7-3-1-4-8-15/h1-12,14,19,22H,13H2,(H,20,21). The van der Waals surface area contributed by atoms with E-state index in [9.17, 15) is 5.11 Å². The Balaban J connectivity index is 1.65. The van der Waals surface area contributed by atoms with Crippen LogP contribution in [0.5, 0.6) is 0 Å². The highest BCUT2D eigenvalue weighted by Gasteiger charge is 2.10. The summed E-state index contributed by atoms with van der Waals surface area (Å²) in [5.41, 5.74) is 2.86. The van der Waals surface area contributed by atoms with Crippen molar-refractivity contribution in [2.45, 2.75) is 12.6 Å². The largest absolute Gasteiger partial charge is 0.384 e. The zero-order valence-corrected chi connectivity index (χ0v) is 12.2. The summed E-state index contributed by atoms with van der Waals surface area (Å²) in [6, 6.07) is 23.6. The maximum absolute atomic E-state index is 10.3. The van der Waals surface area contributed by atoms with E-state index in [1.54, 1.807) is 6.20 Å². The highest BCUT2D eigenvalue weighted by atomic mass is 16.3. The summed E-state index contributed by atoms with van der Waals surface area (Å²) in [5.74, 6) is 0.799. The molecule has 0 bridgehead atoms. The number of nitrogens with zero attached hydrogens (tertiary/aromatic N) is 1. The number of aromatic nitrogens is 1. The minimum absolute atomic E-state index is 0.642. The van der Waals surface area contributed by atoms with E-state index in [-0.39, 0.29) is 0 Å². The van der Waals surface area contributed by atoms with Crippen LogP contribution in [-0.4, -0.2) is 10.1 Å². The second-order valence-electron chi connectivity index (χ2n) is 5.13. The second kappa shape index (κ2) is 6.87. The molecule has 0 saturated carbocycles. The van der Waals surface area contributed by atoms with Crippen molar-refractivity contribution in [3.63, 3.8) is 0 Å². The van der Waals surface area contributed by atoms with E-state index in [1.807, 2.05) is 60.7 Å². The van der Waals surface area contributed by atoms with Gasteiger partial charge in [-0.05, 0) is 17.2 Å². The smallest absolute Gasteiger partial charge is 0.126 e. The average molecular weight is 290 g/mol. The Bertz CT molecular complexity index is 697. The van der Waals surface area contributed by atoms with Gasteiger partial charge in [0.2, 0.25) is 0 Å². The third kappa shape index (κ3) is 3.51. The lowest BCUT2D eigenvalue weighted by atomic mass is 10.0. The van der Waals surface area contributed by atoms with Gasteiger partial charge in [-0.25, -0.2) is 4.98 Å². The van der Waals surface area contributed by atoms with Gasteiger partial charge in [-0.1, -0.05) is 66.7 Å². The minimum atomic E-state index is -0.642. The topological polar surface area (TPSA) is 45.1 Å². The number of benzene rings is 2. The molecule has 1 heterocycles. The lowest BCUT2D eigenvalue weighted by molar-refractivity contribution is 0.220. The highest BCUT2D eigenvalue weighted by molar-refractivity contribution is 5.39. The lowest BCUT2D eigenvalue weighted by Crippen LogP contribution is -2.03. The van der Waals surface area contributed by atoms with Crippen molar-refractivity contribution in [1.29, 1.82) is 0 Å². The van der Waals surface area contributed by atoms with Crippen molar-refractivity contribution in [2.24, 2.45) is 0 Å². The molecule has 22 heavy (non-hydrogen) atoms. The SMILES string of the molecule is OC(c1ccccc1)c1ccc(NCc2ccccc2)nc1. The second-order valence-corrected chi connectivity index (χ2v) is 5.13. The van der Waals surface area contributed by atoms with Crippen molar-refractivity contribution in [2.75, 3.05) is 5.32 Å². The third-order valence-corrected chi connectivity index (χ3v) is 3.53. The minimum Gasteiger partial charge on any atom is -0.384 e. The first kappa shape index (κ1) is 14.3. The number of hydrogen-bond donors (Lipinski definition) is 2. The molecule has 1 atom stereocenters. The van der Waals surface area contributed by atoms with Gasteiger partial charge in [0.05, 0.1) is 0 Å². The van der Waals surface area contributed by atoms with Crippen LogP contribution in [-0.2, 0) is 6.54 Å². The molecule has 0 radical (unpaired) electrons. The molecule has 2 aromatic carbocycles. The van der Waals surface area contributed by atoms with Gasteiger partial charge in [-0.2, -0.15) is 0 Å². The van der Waals surface area contributed by atoms with Gasteiger partial charge in [-0.15, -0.1) is 0 Å². The van der Waals surface area contributed by atoms with Crippen molar-refractivity contribution >= 4 is 5.82 Å².